The maximum Gasteiger partial charge on any atom is 0.225 e. The lowest BCUT2D eigenvalue weighted by atomic mass is 10.0. The molecule has 1 aromatic heterocycles. The van der Waals surface area contributed by atoms with Crippen molar-refractivity contribution in [1.29, 1.82) is 0 Å². The standard InChI is InChI=1S/C17H21N3OS/c1-19(16(21)12-6-7-12)13-8-10-20(11-9-13)17-18-14-4-2-3-5-15(14)22-17/h2-5,12-13H,6-11H2,1H3. The van der Waals surface area contributed by atoms with Gasteiger partial charge in [0.25, 0.3) is 0 Å². The van der Waals surface area contributed by atoms with Gasteiger partial charge < -0.3 is 9.80 Å². The minimum absolute atomic E-state index is 0.326. The van der Waals surface area contributed by atoms with Crippen LogP contribution in [0.5, 0.6) is 0 Å². The zero-order chi connectivity index (χ0) is 15.1. The molecule has 0 atom stereocenters. The Kier molecular flexibility index (Phi) is 3.53. The molecule has 1 amide bonds. The third-order valence-electron chi connectivity index (χ3n) is 4.84. The molecule has 5 heteroatoms. The van der Waals surface area contributed by atoms with Gasteiger partial charge in [-0.1, -0.05) is 23.5 Å². The summed E-state index contributed by atoms with van der Waals surface area (Å²) in [5, 5.41) is 1.12. The molecule has 0 bridgehead atoms. The molecule has 1 saturated heterocycles. The molecular formula is C17H21N3OS. The molecule has 4 nitrogen and oxygen atoms in total. The van der Waals surface area contributed by atoms with Gasteiger partial charge in [0.15, 0.2) is 5.13 Å². The minimum Gasteiger partial charge on any atom is -0.348 e. The summed E-state index contributed by atoms with van der Waals surface area (Å²) in [5.41, 5.74) is 1.09. The van der Waals surface area contributed by atoms with Crippen molar-refractivity contribution < 1.29 is 4.79 Å². The summed E-state index contributed by atoms with van der Waals surface area (Å²) >= 11 is 1.77. The fourth-order valence-electron chi connectivity index (χ4n) is 3.24. The van der Waals surface area contributed by atoms with Crippen LogP contribution in [0.2, 0.25) is 0 Å². The number of carbonyl (C=O) groups is 1. The average Bonchev–Trinajstić information content (AvgIpc) is 3.32. The number of amides is 1. The minimum atomic E-state index is 0.326. The van der Waals surface area contributed by atoms with Gasteiger partial charge in [0.05, 0.1) is 10.2 Å². The summed E-state index contributed by atoms with van der Waals surface area (Å²) < 4.78 is 1.25. The Labute approximate surface area is 134 Å². The van der Waals surface area contributed by atoms with E-state index in [2.05, 4.69) is 23.1 Å². The smallest absolute Gasteiger partial charge is 0.225 e. The summed E-state index contributed by atoms with van der Waals surface area (Å²) in [6, 6.07) is 8.71. The lowest BCUT2D eigenvalue weighted by molar-refractivity contribution is -0.133. The molecule has 0 radical (unpaired) electrons. The number of benzene rings is 1. The Hall–Kier alpha value is -1.62. The van der Waals surface area contributed by atoms with Crippen LogP contribution < -0.4 is 4.90 Å². The quantitative estimate of drug-likeness (QED) is 0.873. The molecular weight excluding hydrogens is 294 g/mol. The Morgan fingerprint density at radius 1 is 1.23 bits per heavy atom. The molecule has 0 spiro atoms. The first kappa shape index (κ1) is 14.0. The van der Waals surface area contributed by atoms with Gasteiger partial charge in [-0.25, -0.2) is 4.98 Å². The molecule has 0 unspecified atom stereocenters. The number of hydrogen-bond acceptors (Lipinski definition) is 4. The summed E-state index contributed by atoms with van der Waals surface area (Å²) in [4.78, 5) is 21.3. The van der Waals surface area contributed by atoms with E-state index < -0.39 is 0 Å². The van der Waals surface area contributed by atoms with Gasteiger partial charge in [-0.05, 0) is 37.8 Å². The van der Waals surface area contributed by atoms with Crippen LogP contribution in [0.15, 0.2) is 24.3 Å². The first-order valence-corrected chi connectivity index (χ1v) is 8.91. The van der Waals surface area contributed by atoms with Crippen molar-refractivity contribution in [2.75, 3.05) is 25.0 Å². The number of fused-ring (bicyclic) bond motifs is 1. The number of carbonyl (C=O) groups excluding carboxylic acids is 1. The molecule has 2 aromatic rings. The third-order valence-corrected chi connectivity index (χ3v) is 5.94. The first-order valence-electron chi connectivity index (χ1n) is 8.09. The van der Waals surface area contributed by atoms with Gasteiger partial charge in [0, 0.05) is 32.1 Å². The second kappa shape index (κ2) is 5.54. The van der Waals surface area contributed by atoms with Gasteiger partial charge in [-0.3, -0.25) is 4.79 Å². The predicted octanol–water partition coefficient (Wildman–Crippen LogP) is 3.13. The normalized spacial score (nSPS) is 19.6. The lowest BCUT2D eigenvalue weighted by Crippen LogP contribution is -2.46. The number of anilines is 1. The zero-order valence-electron chi connectivity index (χ0n) is 12.9. The Morgan fingerprint density at radius 2 is 1.95 bits per heavy atom. The van der Waals surface area contributed by atoms with Crippen LogP contribution in [-0.4, -0.2) is 42.0 Å². The average molecular weight is 315 g/mol. The Morgan fingerprint density at radius 3 is 2.64 bits per heavy atom. The lowest BCUT2D eigenvalue weighted by Gasteiger charge is -2.36. The van der Waals surface area contributed by atoms with Crippen molar-refractivity contribution in [2.45, 2.75) is 31.7 Å². The molecule has 2 heterocycles. The van der Waals surface area contributed by atoms with Gasteiger partial charge in [-0.15, -0.1) is 0 Å². The highest BCUT2D eigenvalue weighted by molar-refractivity contribution is 7.22. The Balaban J connectivity index is 1.41. The van der Waals surface area contributed by atoms with Crippen molar-refractivity contribution in [3.8, 4) is 0 Å². The van der Waals surface area contributed by atoms with E-state index in [4.69, 9.17) is 4.98 Å². The number of para-hydroxylation sites is 1. The van der Waals surface area contributed by atoms with Crippen molar-refractivity contribution in [3.63, 3.8) is 0 Å². The molecule has 0 N–H and O–H groups in total. The fraction of sp³-hybridized carbons (Fsp3) is 0.529. The molecule has 4 rings (SSSR count). The molecule has 2 fully saturated rings. The highest BCUT2D eigenvalue weighted by atomic mass is 32.1. The van der Waals surface area contributed by atoms with E-state index in [0.717, 1.165) is 49.4 Å². The zero-order valence-corrected chi connectivity index (χ0v) is 13.7. The number of nitrogens with zero attached hydrogens (tertiary/aromatic N) is 3. The van der Waals surface area contributed by atoms with E-state index in [-0.39, 0.29) is 0 Å². The molecule has 1 aliphatic heterocycles. The van der Waals surface area contributed by atoms with Crippen LogP contribution in [-0.2, 0) is 4.79 Å². The maximum absolute atomic E-state index is 12.2. The van der Waals surface area contributed by atoms with Crippen LogP contribution in [0.25, 0.3) is 10.2 Å². The fourth-order valence-corrected chi connectivity index (χ4v) is 4.26. The van der Waals surface area contributed by atoms with Gasteiger partial charge in [0.1, 0.15) is 0 Å². The van der Waals surface area contributed by atoms with E-state index in [1.165, 1.54) is 4.70 Å². The van der Waals surface area contributed by atoms with Crippen molar-refractivity contribution in [1.82, 2.24) is 9.88 Å². The molecule has 116 valence electrons. The first-order chi connectivity index (χ1) is 10.7. The van der Waals surface area contributed by atoms with Crippen molar-refractivity contribution >= 4 is 32.6 Å². The monoisotopic (exact) mass is 315 g/mol. The molecule has 2 aliphatic rings. The summed E-state index contributed by atoms with van der Waals surface area (Å²) in [6.07, 6.45) is 4.28. The molecule has 1 aliphatic carbocycles. The van der Waals surface area contributed by atoms with Crippen LogP contribution in [0, 0.1) is 5.92 Å². The number of thiazole rings is 1. The number of piperidine rings is 1. The SMILES string of the molecule is CN(C(=O)C1CC1)C1CCN(c2nc3ccccc3s2)CC1. The summed E-state index contributed by atoms with van der Waals surface area (Å²) in [5.74, 6) is 0.686. The molecule has 1 aromatic carbocycles. The third kappa shape index (κ3) is 2.58. The van der Waals surface area contributed by atoms with E-state index >= 15 is 0 Å². The molecule has 22 heavy (non-hydrogen) atoms. The van der Waals surface area contributed by atoms with Crippen molar-refractivity contribution in [3.05, 3.63) is 24.3 Å². The maximum atomic E-state index is 12.2. The number of hydrogen-bond donors (Lipinski definition) is 0. The van der Waals surface area contributed by atoms with E-state index in [1.54, 1.807) is 11.3 Å². The summed E-state index contributed by atoms with van der Waals surface area (Å²) in [7, 11) is 1.98. The highest BCUT2D eigenvalue weighted by Gasteiger charge is 2.35. The van der Waals surface area contributed by atoms with Crippen molar-refractivity contribution in [2.24, 2.45) is 5.92 Å². The highest BCUT2D eigenvalue weighted by Crippen LogP contribution is 2.34. The van der Waals surface area contributed by atoms with Crippen LogP contribution in [0.1, 0.15) is 25.7 Å². The van der Waals surface area contributed by atoms with Gasteiger partial charge >= 0.3 is 0 Å². The van der Waals surface area contributed by atoms with Crippen LogP contribution in [0.3, 0.4) is 0 Å². The Bertz CT molecular complexity index is 653. The molecule has 1 saturated carbocycles. The number of aromatic nitrogens is 1. The topological polar surface area (TPSA) is 36.4 Å². The van der Waals surface area contributed by atoms with E-state index in [1.807, 2.05) is 18.0 Å². The van der Waals surface area contributed by atoms with Crippen LogP contribution in [0.4, 0.5) is 5.13 Å². The van der Waals surface area contributed by atoms with E-state index in [9.17, 15) is 4.79 Å². The largest absolute Gasteiger partial charge is 0.348 e. The second-order valence-electron chi connectivity index (χ2n) is 6.41. The second-order valence-corrected chi connectivity index (χ2v) is 7.41. The number of rotatable bonds is 3. The predicted molar refractivity (Wildman–Crippen MR) is 90.3 cm³/mol. The summed E-state index contributed by atoms with van der Waals surface area (Å²) in [6.45, 7) is 1.99. The van der Waals surface area contributed by atoms with Gasteiger partial charge in [0.2, 0.25) is 5.91 Å². The van der Waals surface area contributed by atoms with Gasteiger partial charge in [-0.2, -0.15) is 0 Å². The van der Waals surface area contributed by atoms with E-state index in [0.29, 0.717) is 17.9 Å². The van der Waals surface area contributed by atoms with Crippen LogP contribution >= 0.6 is 11.3 Å².